The summed E-state index contributed by atoms with van der Waals surface area (Å²) >= 11 is -3.87. The van der Waals surface area contributed by atoms with E-state index in [0.717, 1.165) is 11.4 Å². The number of hydrogen-bond donors (Lipinski definition) is 0. The van der Waals surface area contributed by atoms with Gasteiger partial charge in [0.05, 0.1) is 0 Å². The minimum atomic E-state index is -3.87. The van der Waals surface area contributed by atoms with Crippen LogP contribution >= 0.6 is 24.8 Å². The normalized spacial score (nSPS) is 17.2. The number of hydrogen-bond acceptors (Lipinski definition) is 2. The van der Waals surface area contributed by atoms with Crippen LogP contribution in [0.1, 0.15) is 108 Å². The number of nitrogens with zero attached hydrogens (tertiary/aromatic N) is 2. The molecule has 6 rings (SSSR count). The summed E-state index contributed by atoms with van der Waals surface area (Å²) < 4.78 is 6.48. The van der Waals surface area contributed by atoms with E-state index in [4.69, 9.17) is 9.97 Å². The third kappa shape index (κ3) is 6.69. The van der Waals surface area contributed by atoms with Gasteiger partial charge in [0.2, 0.25) is 0 Å². The molecule has 6 heteroatoms. The molecule has 254 valence electrons. The number of aromatic nitrogens is 2. The summed E-state index contributed by atoms with van der Waals surface area (Å²) in [5.41, 5.74) is 16.8. The van der Waals surface area contributed by atoms with Crippen molar-refractivity contribution in [1.29, 1.82) is 0 Å². The van der Waals surface area contributed by atoms with E-state index >= 15 is 0 Å². The molecule has 0 radical (unpaired) electrons. The fraction of sp³-hybridized carbons (Fsp3) is 0.381. The van der Waals surface area contributed by atoms with E-state index in [2.05, 4.69) is 132 Å². The quantitative estimate of drug-likeness (QED) is 0.167. The average Bonchev–Trinajstić information content (AvgIpc) is 3.62. The van der Waals surface area contributed by atoms with Crippen LogP contribution in [0.4, 0.5) is 0 Å². The van der Waals surface area contributed by atoms with Crippen LogP contribution < -0.4 is 0 Å². The number of rotatable bonds is 8. The minimum absolute atomic E-state index is 0. The van der Waals surface area contributed by atoms with E-state index < -0.39 is 17.4 Å². The molecule has 0 saturated carbocycles. The number of halogens is 2. The van der Waals surface area contributed by atoms with Gasteiger partial charge in [-0.05, 0) is 0 Å². The second-order valence-electron chi connectivity index (χ2n) is 16.3. The first-order valence-corrected chi connectivity index (χ1v) is 31.0. The Hall–Kier alpha value is -2.10. The molecule has 2 aromatic carbocycles. The fourth-order valence-corrected chi connectivity index (χ4v) is 28.3. The maximum absolute atomic E-state index is 4.88. The monoisotopic (exact) mass is 774 g/mol. The van der Waals surface area contributed by atoms with Crippen molar-refractivity contribution in [2.75, 3.05) is 0 Å². The van der Waals surface area contributed by atoms with Gasteiger partial charge in [0.15, 0.2) is 0 Å². The maximum Gasteiger partial charge on any atom is -0.147 e. The first kappa shape index (κ1) is 38.7. The molecule has 0 bridgehead atoms. The molecule has 2 unspecified atom stereocenters. The van der Waals surface area contributed by atoms with Crippen molar-refractivity contribution in [2.24, 2.45) is 11.8 Å². The predicted octanol–water partition coefficient (Wildman–Crippen LogP) is 12.1. The van der Waals surface area contributed by atoms with Crippen LogP contribution in [0.5, 0.6) is 0 Å². The van der Waals surface area contributed by atoms with E-state index in [9.17, 15) is 0 Å². The standard InChI is InChI=1S/2C20H22N.2CH3.2ClH.H2Si.Zr/c2*1-13(2)15-9-17-10-16(14(3)4)12-19(18(17)11-15)20-7-5-6-8-21-20;;;;;;/h2*5-14H,1-4H3;2*1H3;2*1H;1H2;. The molecule has 0 amide bonds. The molecular formula is C42H54Cl2N2SiZr. The Kier molecular flexibility index (Phi) is 11.5. The molecule has 2 aliphatic carbocycles. The number of benzene rings is 2. The van der Waals surface area contributed by atoms with Crippen molar-refractivity contribution in [3.05, 3.63) is 118 Å². The summed E-state index contributed by atoms with van der Waals surface area (Å²) in [5.74, 6) is 1.82. The molecule has 0 saturated heterocycles. The molecule has 2 aromatic heterocycles. The predicted molar refractivity (Wildman–Crippen MR) is 213 cm³/mol. The first-order chi connectivity index (χ1) is 21.7. The van der Waals surface area contributed by atoms with Gasteiger partial charge in [0, 0.05) is 0 Å². The average molecular weight is 777 g/mol. The van der Waals surface area contributed by atoms with Crippen molar-refractivity contribution >= 4 is 43.8 Å². The zero-order valence-corrected chi connectivity index (χ0v) is 36.0. The molecule has 0 spiro atoms. The van der Waals surface area contributed by atoms with Crippen LogP contribution in [0, 0.1) is 11.8 Å². The van der Waals surface area contributed by atoms with Gasteiger partial charge in [-0.1, -0.05) is 0 Å². The van der Waals surface area contributed by atoms with Crippen LogP contribution in [0.15, 0.2) is 84.2 Å². The van der Waals surface area contributed by atoms with Crippen molar-refractivity contribution in [1.82, 2.24) is 9.97 Å². The van der Waals surface area contributed by atoms with Gasteiger partial charge in [-0.3, -0.25) is 0 Å². The molecule has 2 aliphatic rings. The summed E-state index contributed by atoms with van der Waals surface area (Å²) in [6.07, 6.45) is 9.06. The zero-order chi connectivity index (χ0) is 33.2. The van der Waals surface area contributed by atoms with Gasteiger partial charge >= 0.3 is 282 Å². The zero-order valence-electron chi connectivity index (χ0n) is 30.5. The van der Waals surface area contributed by atoms with Crippen LogP contribution in [0.3, 0.4) is 0 Å². The van der Waals surface area contributed by atoms with Crippen LogP contribution in [-0.2, 0) is 17.4 Å². The second kappa shape index (κ2) is 14.3. The molecule has 2 atom stereocenters. The Morgan fingerprint density at radius 3 is 1.23 bits per heavy atom. The summed E-state index contributed by atoms with van der Waals surface area (Å²) in [6.45, 7) is 21.5. The van der Waals surface area contributed by atoms with E-state index in [1.807, 2.05) is 24.5 Å². The van der Waals surface area contributed by atoms with E-state index in [1.165, 1.54) is 33.4 Å². The molecule has 0 N–H and O–H groups in total. The van der Waals surface area contributed by atoms with Gasteiger partial charge in [0.25, 0.3) is 0 Å². The van der Waals surface area contributed by atoms with Crippen molar-refractivity contribution in [2.45, 2.75) is 83.7 Å². The van der Waals surface area contributed by atoms with Crippen LogP contribution in [-0.4, -0.2) is 16.8 Å². The molecule has 4 aromatic rings. The van der Waals surface area contributed by atoms with E-state index in [-0.39, 0.29) is 24.8 Å². The Morgan fingerprint density at radius 1 is 0.562 bits per heavy atom. The molecule has 0 fully saturated rings. The molecular weight excluding hydrogens is 723 g/mol. The number of fused-ring (bicyclic) bond motifs is 2. The van der Waals surface area contributed by atoms with Gasteiger partial charge < -0.3 is 0 Å². The van der Waals surface area contributed by atoms with E-state index in [1.54, 1.807) is 22.3 Å². The number of allylic oxidation sites excluding steroid dienone is 2. The second-order valence-corrected chi connectivity index (χ2v) is 46.8. The van der Waals surface area contributed by atoms with Gasteiger partial charge in [-0.2, -0.15) is 0 Å². The molecule has 0 aliphatic heterocycles. The topological polar surface area (TPSA) is 25.8 Å². The summed E-state index contributed by atoms with van der Waals surface area (Å²) in [7, 11) is 0. The summed E-state index contributed by atoms with van der Waals surface area (Å²) in [5, 5.41) is 0. The summed E-state index contributed by atoms with van der Waals surface area (Å²) in [4.78, 5) is 9.77. The third-order valence-electron chi connectivity index (χ3n) is 10.8. The van der Waals surface area contributed by atoms with Gasteiger partial charge in [-0.25, -0.2) is 0 Å². The van der Waals surface area contributed by atoms with Crippen molar-refractivity contribution < 1.29 is 17.4 Å². The molecule has 2 nitrogen and oxygen atoms in total. The Balaban J connectivity index is 0.00000260. The summed E-state index contributed by atoms with van der Waals surface area (Å²) in [6, 6.07) is 22.7. The first-order valence-electron chi connectivity index (χ1n) is 17.4. The number of pyridine rings is 2. The minimum Gasteiger partial charge on any atom is -0.147 e. The third-order valence-corrected chi connectivity index (χ3v) is 28.1. The van der Waals surface area contributed by atoms with Crippen LogP contribution in [0.2, 0.25) is 9.26 Å². The molecule has 48 heavy (non-hydrogen) atoms. The van der Waals surface area contributed by atoms with Gasteiger partial charge in [-0.15, -0.1) is 24.8 Å². The van der Waals surface area contributed by atoms with Crippen molar-refractivity contribution in [3.63, 3.8) is 0 Å². The smallest absolute Gasteiger partial charge is 0.147 e. The Bertz CT molecular complexity index is 1800. The maximum atomic E-state index is 4.88. The SMILES string of the molecule is CC(C)C1=Cc2c(-c3ccccn3)cc(C(C)C)cc2[CH]1[Zr]([CH3])([CH3])(=[SiH2])[CH]1C(C(C)C)=Cc2c(-c3ccccn3)cc(C(C)C)cc21.Cl.Cl. The molecule has 2 heterocycles. The van der Waals surface area contributed by atoms with Crippen molar-refractivity contribution in [3.8, 4) is 22.5 Å². The van der Waals surface area contributed by atoms with Crippen LogP contribution in [0.25, 0.3) is 34.7 Å². The van der Waals surface area contributed by atoms with E-state index in [0.29, 0.717) is 30.9 Å². The fourth-order valence-electron chi connectivity index (χ4n) is 8.47. The van der Waals surface area contributed by atoms with Gasteiger partial charge in [0.1, 0.15) is 0 Å². The Morgan fingerprint density at radius 2 is 0.938 bits per heavy atom. The largest absolute Gasteiger partial charge is 0.147 e. The Labute approximate surface area is 304 Å².